The van der Waals surface area contributed by atoms with Gasteiger partial charge in [0.05, 0.1) is 12.0 Å². The van der Waals surface area contributed by atoms with E-state index >= 15 is 0 Å². The van der Waals surface area contributed by atoms with Crippen molar-refractivity contribution in [3.05, 3.63) is 48.0 Å². The Morgan fingerprint density at radius 1 is 1.35 bits per heavy atom. The number of benzene rings is 1. The van der Waals surface area contributed by atoms with Gasteiger partial charge in [-0.3, -0.25) is 4.79 Å². The zero-order valence-electron chi connectivity index (χ0n) is 12.6. The molecule has 0 bridgehead atoms. The zero-order chi connectivity index (χ0) is 14.6. The van der Waals surface area contributed by atoms with Crippen LogP contribution < -0.4 is 0 Å². The van der Waals surface area contributed by atoms with Gasteiger partial charge in [-0.2, -0.15) is 0 Å². The minimum absolute atomic E-state index is 0.0748. The van der Waals surface area contributed by atoms with Crippen LogP contribution in [0.2, 0.25) is 0 Å². The molecule has 1 aliphatic carbocycles. The van der Waals surface area contributed by atoms with E-state index in [1.807, 2.05) is 25.1 Å². The first kappa shape index (κ1) is 14.8. The standard InChI is InChI=1S/C18H24O2/c1-4-20-17(19)18(15-10-6-5-7-11-15)13-9-8-12-16(18)14(2)3/h5-8,10-12,14,16H,4,9,13H2,1-3H3/t16-,18-/m0/s1. The summed E-state index contributed by atoms with van der Waals surface area (Å²) in [6, 6.07) is 10.1. The summed E-state index contributed by atoms with van der Waals surface area (Å²) >= 11 is 0. The van der Waals surface area contributed by atoms with Gasteiger partial charge in [0.2, 0.25) is 0 Å². The van der Waals surface area contributed by atoms with Gasteiger partial charge in [-0.15, -0.1) is 0 Å². The quantitative estimate of drug-likeness (QED) is 0.609. The Labute approximate surface area is 121 Å². The van der Waals surface area contributed by atoms with Crippen molar-refractivity contribution in [3.8, 4) is 0 Å². The van der Waals surface area contributed by atoms with Gasteiger partial charge < -0.3 is 4.74 Å². The van der Waals surface area contributed by atoms with Gasteiger partial charge in [-0.1, -0.05) is 56.3 Å². The normalized spacial score (nSPS) is 25.7. The third kappa shape index (κ3) is 2.52. The average Bonchev–Trinajstić information content (AvgIpc) is 2.48. The molecule has 108 valence electrons. The topological polar surface area (TPSA) is 26.3 Å². The Hall–Kier alpha value is -1.57. The van der Waals surface area contributed by atoms with Crippen LogP contribution in [0.3, 0.4) is 0 Å². The molecule has 0 heterocycles. The molecule has 2 atom stereocenters. The smallest absolute Gasteiger partial charge is 0.317 e. The molecule has 1 aromatic carbocycles. The predicted octanol–water partition coefficient (Wildman–Crippen LogP) is 4.11. The molecule has 0 aromatic heterocycles. The number of hydrogen-bond acceptors (Lipinski definition) is 2. The van der Waals surface area contributed by atoms with Crippen LogP contribution in [0.25, 0.3) is 0 Å². The van der Waals surface area contributed by atoms with Gasteiger partial charge in [0.1, 0.15) is 0 Å². The molecule has 0 aliphatic heterocycles. The van der Waals surface area contributed by atoms with E-state index < -0.39 is 5.41 Å². The zero-order valence-corrected chi connectivity index (χ0v) is 12.6. The maximum atomic E-state index is 12.8. The highest BCUT2D eigenvalue weighted by Crippen LogP contribution is 2.45. The Balaban J connectivity index is 2.54. The number of rotatable bonds is 4. The Kier molecular flexibility index (Phi) is 4.64. The van der Waals surface area contributed by atoms with Crippen LogP contribution >= 0.6 is 0 Å². The van der Waals surface area contributed by atoms with Gasteiger partial charge in [0.15, 0.2) is 0 Å². The van der Waals surface area contributed by atoms with Crippen molar-refractivity contribution in [1.29, 1.82) is 0 Å². The van der Waals surface area contributed by atoms with E-state index in [2.05, 4.69) is 38.1 Å². The van der Waals surface area contributed by atoms with E-state index in [1.54, 1.807) is 0 Å². The van der Waals surface area contributed by atoms with Crippen LogP contribution in [0.5, 0.6) is 0 Å². The van der Waals surface area contributed by atoms with E-state index in [9.17, 15) is 4.79 Å². The Morgan fingerprint density at radius 3 is 2.65 bits per heavy atom. The molecule has 0 fully saturated rings. The minimum Gasteiger partial charge on any atom is -0.465 e. The van der Waals surface area contributed by atoms with E-state index in [0.29, 0.717) is 12.5 Å². The monoisotopic (exact) mass is 272 g/mol. The fourth-order valence-electron chi connectivity index (χ4n) is 3.36. The number of allylic oxidation sites excluding steroid dienone is 2. The van der Waals surface area contributed by atoms with Gasteiger partial charge in [-0.05, 0) is 37.2 Å². The Bertz CT molecular complexity index is 475. The highest BCUT2D eigenvalue weighted by molar-refractivity contribution is 5.84. The third-order valence-corrected chi connectivity index (χ3v) is 4.26. The second-order valence-electron chi connectivity index (χ2n) is 5.79. The van der Waals surface area contributed by atoms with Gasteiger partial charge in [0.25, 0.3) is 0 Å². The highest BCUT2D eigenvalue weighted by Gasteiger charge is 2.49. The van der Waals surface area contributed by atoms with Crippen LogP contribution in [0.15, 0.2) is 42.5 Å². The lowest BCUT2D eigenvalue weighted by atomic mass is 9.61. The van der Waals surface area contributed by atoms with E-state index in [1.165, 1.54) is 0 Å². The van der Waals surface area contributed by atoms with Crippen molar-refractivity contribution in [2.75, 3.05) is 6.61 Å². The van der Waals surface area contributed by atoms with Crippen LogP contribution in [-0.4, -0.2) is 12.6 Å². The lowest BCUT2D eigenvalue weighted by Crippen LogP contribution is -2.47. The third-order valence-electron chi connectivity index (χ3n) is 4.26. The predicted molar refractivity (Wildman–Crippen MR) is 81.5 cm³/mol. The molecule has 1 aromatic rings. The number of esters is 1. The summed E-state index contributed by atoms with van der Waals surface area (Å²) in [7, 11) is 0. The van der Waals surface area contributed by atoms with Gasteiger partial charge >= 0.3 is 5.97 Å². The van der Waals surface area contributed by atoms with Crippen LogP contribution in [0, 0.1) is 11.8 Å². The molecule has 0 saturated carbocycles. The fraction of sp³-hybridized carbons (Fsp3) is 0.500. The summed E-state index contributed by atoms with van der Waals surface area (Å²) in [6.07, 6.45) is 6.16. The minimum atomic E-state index is -0.528. The molecule has 2 heteroatoms. The molecular formula is C18H24O2. The molecule has 2 nitrogen and oxygen atoms in total. The van der Waals surface area contributed by atoms with E-state index in [0.717, 1.165) is 18.4 Å². The molecule has 1 aliphatic rings. The summed E-state index contributed by atoms with van der Waals surface area (Å²) in [5, 5.41) is 0. The van der Waals surface area contributed by atoms with E-state index in [-0.39, 0.29) is 11.9 Å². The second kappa shape index (κ2) is 6.25. The molecule has 0 spiro atoms. The van der Waals surface area contributed by atoms with Crippen LogP contribution in [0.4, 0.5) is 0 Å². The molecule has 0 saturated heterocycles. The summed E-state index contributed by atoms with van der Waals surface area (Å²) in [5.74, 6) is 0.517. The van der Waals surface area contributed by atoms with Crippen molar-refractivity contribution in [1.82, 2.24) is 0 Å². The largest absolute Gasteiger partial charge is 0.465 e. The highest BCUT2D eigenvalue weighted by atomic mass is 16.5. The van der Waals surface area contributed by atoms with Gasteiger partial charge in [-0.25, -0.2) is 0 Å². The molecule has 0 N–H and O–H groups in total. The first-order valence-corrected chi connectivity index (χ1v) is 7.52. The first-order chi connectivity index (χ1) is 9.63. The molecular weight excluding hydrogens is 248 g/mol. The number of carbonyl (C=O) groups is 1. The number of ether oxygens (including phenoxy) is 1. The summed E-state index contributed by atoms with van der Waals surface area (Å²) < 4.78 is 5.45. The maximum Gasteiger partial charge on any atom is 0.317 e. The molecule has 0 unspecified atom stereocenters. The Morgan fingerprint density at radius 2 is 2.05 bits per heavy atom. The second-order valence-corrected chi connectivity index (χ2v) is 5.79. The van der Waals surface area contributed by atoms with E-state index in [4.69, 9.17) is 4.74 Å². The molecule has 2 rings (SSSR count). The lowest BCUT2D eigenvalue weighted by molar-refractivity contribution is -0.153. The van der Waals surface area contributed by atoms with Crippen molar-refractivity contribution < 1.29 is 9.53 Å². The molecule has 20 heavy (non-hydrogen) atoms. The fourth-order valence-corrected chi connectivity index (χ4v) is 3.36. The maximum absolute atomic E-state index is 12.8. The van der Waals surface area contributed by atoms with Crippen molar-refractivity contribution in [2.45, 2.75) is 39.0 Å². The van der Waals surface area contributed by atoms with Crippen molar-refractivity contribution >= 4 is 5.97 Å². The lowest BCUT2D eigenvalue weighted by Gasteiger charge is -2.42. The van der Waals surface area contributed by atoms with Gasteiger partial charge in [0, 0.05) is 0 Å². The van der Waals surface area contributed by atoms with Crippen molar-refractivity contribution in [2.24, 2.45) is 11.8 Å². The van der Waals surface area contributed by atoms with Crippen LogP contribution in [-0.2, 0) is 14.9 Å². The molecule has 0 amide bonds. The number of hydrogen-bond donors (Lipinski definition) is 0. The SMILES string of the molecule is CCOC(=O)[C@]1(c2ccccc2)CCC=C[C@H]1C(C)C. The number of carbonyl (C=O) groups excluding carboxylic acids is 1. The summed E-state index contributed by atoms with van der Waals surface area (Å²) in [4.78, 5) is 12.8. The molecule has 0 radical (unpaired) electrons. The average molecular weight is 272 g/mol. The van der Waals surface area contributed by atoms with Crippen LogP contribution in [0.1, 0.15) is 39.2 Å². The van der Waals surface area contributed by atoms with Crippen molar-refractivity contribution in [3.63, 3.8) is 0 Å². The summed E-state index contributed by atoms with van der Waals surface area (Å²) in [5.41, 5.74) is 0.557. The first-order valence-electron chi connectivity index (χ1n) is 7.52. The summed E-state index contributed by atoms with van der Waals surface area (Å²) in [6.45, 7) is 6.66.